The van der Waals surface area contributed by atoms with Crippen molar-refractivity contribution in [2.24, 2.45) is 5.92 Å². The lowest BCUT2D eigenvalue weighted by atomic mass is 9.80. The smallest absolute Gasteiger partial charge is 0.306 e. The van der Waals surface area contributed by atoms with E-state index in [4.69, 9.17) is 9.63 Å². The van der Waals surface area contributed by atoms with Crippen molar-refractivity contribution >= 4 is 11.9 Å². The van der Waals surface area contributed by atoms with Crippen molar-refractivity contribution in [3.05, 3.63) is 17.0 Å². The maximum Gasteiger partial charge on any atom is 0.306 e. The van der Waals surface area contributed by atoms with Gasteiger partial charge in [-0.1, -0.05) is 19.0 Å². The Labute approximate surface area is 111 Å². The Morgan fingerprint density at radius 2 is 2.05 bits per heavy atom. The van der Waals surface area contributed by atoms with Crippen LogP contribution in [-0.2, 0) is 4.79 Å². The molecular weight excluding hydrogens is 248 g/mol. The molecule has 0 aromatic carbocycles. The van der Waals surface area contributed by atoms with Gasteiger partial charge in [0.25, 0.3) is 5.91 Å². The molecule has 0 atom stereocenters. The van der Waals surface area contributed by atoms with E-state index in [2.05, 4.69) is 10.5 Å². The fraction of sp³-hybridized carbons (Fsp3) is 0.615. The second kappa shape index (κ2) is 5.03. The molecule has 0 aliphatic heterocycles. The number of aliphatic carboxylic acids is 1. The van der Waals surface area contributed by atoms with E-state index >= 15 is 0 Å². The van der Waals surface area contributed by atoms with Crippen molar-refractivity contribution in [2.45, 2.75) is 45.6 Å². The largest absolute Gasteiger partial charge is 0.481 e. The number of rotatable bonds is 4. The topological polar surface area (TPSA) is 92.4 Å². The first-order chi connectivity index (χ1) is 8.90. The predicted octanol–water partition coefficient (Wildman–Crippen LogP) is 1.70. The summed E-state index contributed by atoms with van der Waals surface area (Å²) < 4.78 is 5.17. The Kier molecular flexibility index (Phi) is 3.59. The third-order valence-electron chi connectivity index (χ3n) is 3.46. The van der Waals surface area contributed by atoms with E-state index in [1.54, 1.807) is 6.92 Å². The molecule has 0 spiro atoms. The molecule has 2 N–H and O–H groups in total. The Morgan fingerprint density at radius 1 is 1.42 bits per heavy atom. The minimum absolute atomic E-state index is 0.0667. The van der Waals surface area contributed by atoms with Gasteiger partial charge in [0.2, 0.25) is 0 Å². The zero-order valence-electron chi connectivity index (χ0n) is 11.3. The van der Waals surface area contributed by atoms with Crippen molar-refractivity contribution in [1.82, 2.24) is 10.5 Å². The maximum absolute atomic E-state index is 12.2. The van der Waals surface area contributed by atoms with Crippen LogP contribution in [0.15, 0.2) is 4.52 Å². The van der Waals surface area contributed by atoms with Gasteiger partial charge in [-0.3, -0.25) is 9.59 Å². The first-order valence-electron chi connectivity index (χ1n) is 6.40. The summed E-state index contributed by atoms with van der Waals surface area (Å²) in [6.07, 6.45) is 0.977. The molecule has 1 aliphatic rings. The highest BCUT2D eigenvalue weighted by Gasteiger charge is 2.36. The van der Waals surface area contributed by atoms with Gasteiger partial charge in [0.05, 0.1) is 11.6 Å². The molecule has 1 saturated carbocycles. The zero-order valence-corrected chi connectivity index (χ0v) is 11.3. The van der Waals surface area contributed by atoms with Crippen molar-refractivity contribution in [3.8, 4) is 0 Å². The van der Waals surface area contributed by atoms with Gasteiger partial charge in [-0.2, -0.15) is 0 Å². The van der Waals surface area contributed by atoms with Crippen LogP contribution in [-0.4, -0.2) is 28.2 Å². The molecule has 1 aliphatic carbocycles. The minimum Gasteiger partial charge on any atom is -0.481 e. The Balaban J connectivity index is 2.02. The number of carbonyl (C=O) groups is 2. The van der Waals surface area contributed by atoms with E-state index in [0.29, 0.717) is 29.9 Å². The van der Waals surface area contributed by atoms with Gasteiger partial charge in [0, 0.05) is 12.0 Å². The Bertz CT molecular complexity index is 501. The molecule has 6 nitrogen and oxygen atoms in total. The lowest BCUT2D eigenvalue weighted by Gasteiger charge is -2.32. The average molecular weight is 266 g/mol. The molecule has 1 aromatic heterocycles. The van der Waals surface area contributed by atoms with E-state index in [1.165, 1.54) is 0 Å². The van der Waals surface area contributed by atoms with E-state index in [9.17, 15) is 9.59 Å². The lowest BCUT2D eigenvalue weighted by Crippen LogP contribution is -2.46. The first kappa shape index (κ1) is 13.6. The van der Waals surface area contributed by atoms with Crippen LogP contribution in [0.3, 0.4) is 0 Å². The van der Waals surface area contributed by atoms with Gasteiger partial charge in [-0.15, -0.1) is 0 Å². The van der Waals surface area contributed by atoms with Crippen LogP contribution in [0.1, 0.15) is 54.4 Å². The summed E-state index contributed by atoms with van der Waals surface area (Å²) in [6.45, 7) is 5.59. The summed E-state index contributed by atoms with van der Waals surface area (Å²) in [4.78, 5) is 22.9. The first-order valence-corrected chi connectivity index (χ1v) is 6.40. The number of aryl methyl sites for hydroxylation is 1. The third-order valence-corrected chi connectivity index (χ3v) is 3.46. The fourth-order valence-electron chi connectivity index (χ4n) is 2.25. The number of hydrogen-bond donors (Lipinski definition) is 2. The van der Waals surface area contributed by atoms with Gasteiger partial charge in [0.1, 0.15) is 5.56 Å². The summed E-state index contributed by atoms with van der Waals surface area (Å²) >= 11 is 0. The second-order valence-electron chi connectivity index (χ2n) is 5.34. The molecule has 1 heterocycles. The number of carbonyl (C=O) groups excluding carboxylic acids is 1. The molecule has 0 radical (unpaired) electrons. The van der Waals surface area contributed by atoms with Crippen molar-refractivity contribution in [2.75, 3.05) is 0 Å². The molecule has 2 rings (SSSR count). The highest BCUT2D eigenvalue weighted by atomic mass is 16.5. The summed E-state index contributed by atoms with van der Waals surface area (Å²) in [7, 11) is 0. The van der Waals surface area contributed by atoms with E-state index < -0.39 is 5.97 Å². The average Bonchev–Trinajstić information content (AvgIpc) is 2.64. The standard InChI is InChI=1S/C13H18N2O4/c1-6(2)11-10(7(3)15-19-11)12(16)14-9-4-8(5-9)13(17)18/h6,8-9H,4-5H2,1-3H3,(H,14,16)(H,17,18). The number of nitrogens with one attached hydrogen (secondary N) is 1. The van der Waals surface area contributed by atoms with Gasteiger partial charge >= 0.3 is 5.97 Å². The Hall–Kier alpha value is -1.85. The highest BCUT2D eigenvalue weighted by molar-refractivity contribution is 5.96. The molecule has 0 bridgehead atoms. The predicted molar refractivity (Wildman–Crippen MR) is 66.9 cm³/mol. The number of nitrogens with zero attached hydrogens (tertiary/aromatic N) is 1. The molecule has 19 heavy (non-hydrogen) atoms. The van der Waals surface area contributed by atoms with Crippen LogP contribution < -0.4 is 5.32 Å². The van der Waals surface area contributed by atoms with Crippen LogP contribution in [0.4, 0.5) is 0 Å². The minimum atomic E-state index is -0.797. The summed E-state index contributed by atoms with van der Waals surface area (Å²) in [5.41, 5.74) is 1.05. The number of hydrogen-bond acceptors (Lipinski definition) is 4. The van der Waals surface area contributed by atoms with Crippen molar-refractivity contribution < 1.29 is 19.2 Å². The van der Waals surface area contributed by atoms with E-state index in [-0.39, 0.29) is 23.8 Å². The number of carboxylic acid groups (broad SMARTS) is 1. The summed E-state index contributed by atoms with van der Waals surface area (Å²) in [5.74, 6) is -0.705. The van der Waals surface area contributed by atoms with E-state index in [1.807, 2.05) is 13.8 Å². The highest BCUT2D eigenvalue weighted by Crippen LogP contribution is 2.29. The number of aromatic nitrogens is 1. The maximum atomic E-state index is 12.2. The van der Waals surface area contributed by atoms with Gasteiger partial charge in [-0.05, 0) is 19.8 Å². The van der Waals surface area contributed by atoms with Crippen LogP contribution in [0, 0.1) is 12.8 Å². The lowest BCUT2D eigenvalue weighted by molar-refractivity contribution is -0.145. The van der Waals surface area contributed by atoms with E-state index in [0.717, 1.165) is 0 Å². The number of carboxylic acids is 1. The molecule has 0 saturated heterocycles. The molecule has 0 unspecified atom stereocenters. The van der Waals surface area contributed by atoms with Crippen LogP contribution in [0.2, 0.25) is 0 Å². The molecule has 104 valence electrons. The molecular formula is C13H18N2O4. The summed E-state index contributed by atoms with van der Waals surface area (Å²) in [5, 5.41) is 15.5. The van der Waals surface area contributed by atoms with Crippen LogP contribution in [0.25, 0.3) is 0 Å². The zero-order chi connectivity index (χ0) is 14.2. The van der Waals surface area contributed by atoms with Gasteiger partial charge in [-0.25, -0.2) is 0 Å². The third kappa shape index (κ3) is 2.62. The van der Waals surface area contributed by atoms with Crippen molar-refractivity contribution in [3.63, 3.8) is 0 Å². The van der Waals surface area contributed by atoms with Crippen LogP contribution in [0.5, 0.6) is 0 Å². The Morgan fingerprint density at radius 3 is 2.58 bits per heavy atom. The van der Waals surface area contributed by atoms with Gasteiger partial charge < -0.3 is 14.9 Å². The van der Waals surface area contributed by atoms with Crippen LogP contribution >= 0.6 is 0 Å². The van der Waals surface area contributed by atoms with Crippen molar-refractivity contribution in [1.29, 1.82) is 0 Å². The molecule has 6 heteroatoms. The summed E-state index contributed by atoms with van der Waals surface area (Å²) in [6, 6.07) is -0.0667. The number of amides is 1. The van der Waals surface area contributed by atoms with Gasteiger partial charge in [0.15, 0.2) is 5.76 Å². The molecule has 1 fully saturated rings. The monoisotopic (exact) mass is 266 g/mol. The quantitative estimate of drug-likeness (QED) is 0.865. The normalized spacial score (nSPS) is 22.1. The molecule has 1 amide bonds. The SMILES string of the molecule is Cc1noc(C(C)C)c1C(=O)NC1CC(C(=O)O)C1. The molecule has 1 aromatic rings. The second-order valence-corrected chi connectivity index (χ2v) is 5.34. The fourth-order valence-corrected chi connectivity index (χ4v) is 2.25.